The van der Waals surface area contributed by atoms with Crippen LogP contribution in [0.3, 0.4) is 0 Å². The Morgan fingerprint density at radius 3 is 2.69 bits per heavy atom. The van der Waals surface area contributed by atoms with Crippen molar-refractivity contribution in [2.24, 2.45) is 5.92 Å². The van der Waals surface area contributed by atoms with Gasteiger partial charge in [-0.1, -0.05) is 55.5 Å². The number of benzene rings is 2. The zero-order valence-corrected chi connectivity index (χ0v) is 19.8. The first kappa shape index (κ1) is 22.2. The summed E-state index contributed by atoms with van der Waals surface area (Å²) >= 11 is 3.00. The van der Waals surface area contributed by atoms with E-state index in [0.29, 0.717) is 27.9 Å². The molecule has 32 heavy (non-hydrogen) atoms. The number of carbonyl (C=O) groups is 1. The number of aromatic nitrogens is 3. The van der Waals surface area contributed by atoms with Crippen molar-refractivity contribution < 1.29 is 4.79 Å². The first-order chi connectivity index (χ1) is 15.4. The van der Waals surface area contributed by atoms with E-state index in [4.69, 9.17) is 0 Å². The summed E-state index contributed by atoms with van der Waals surface area (Å²) in [5, 5.41) is 8.33. The Kier molecular flexibility index (Phi) is 6.72. The zero-order chi connectivity index (χ0) is 22.7. The first-order valence-corrected chi connectivity index (χ1v) is 12.2. The van der Waals surface area contributed by atoms with E-state index >= 15 is 0 Å². The molecule has 0 aliphatic heterocycles. The van der Waals surface area contributed by atoms with Gasteiger partial charge >= 0.3 is 0 Å². The maximum atomic E-state index is 12.7. The van der Waals surface area contributed by atoms with Gasteiger partial charge in [0.1, 0.15) is 5.01 Å². The molecule has 0 spiro atoms. The minimum absolute atomic E-state index is 0.142. The van der Waals surface area contributed by atoms with E-state index in [2.05, 4.69) is 29.2 Å². The van der Waals surface area contributed by atoms with Crippen LogP contribution in [0.4, 0.5) is 5.69 Å². The number of aryl methyl sites for hydroxylation is 1. The average molecular weight is 465 g/mol. The molecule has 4 aromatic rings. The Hall–Kier alpha value is -2.97. The topological polar surface area (TPSA) is 76.4 Å². The monoisotopic (exact) mass is 464 g/mol. The fourth-order valence-electron chi connectivity index (χ4n) is 3.27. The van der Waals surface area contributed by atoms with Crippen LogP contribution in [0.1, 0.15) is 40.5 Å². The number of hydrogen-bond acceptors (Lipinski definition) is 6. The lowest BCUT2D eigenvalue weighted by Gasteiger charge is -2.11. The number of rotatable bonds is 7. The molecule has 1 amide bonds. The van der Waals surface area contributed by atoms with Gasteiger partial charge in [0, 0.05) is 28.7 Å². The molecule has 0 radical (unpaired) electrons. The lowest BCUT2D eigenvalue weighted by molar-refractivity contribution is 0.102. The van der Waals surface area contributed by atoms with Gasteiger partial charge in [0.2, 0.25) is 4.96 Å². The minimum atomic E-state index is -0.169. The van der Waals surface area contributed by atoms with E-state index in [9.17, 15) is 9.59 Å². The van der Waals surface area contributed by atoms with Gasteiger partial charge in [0.25, 0.3) is 11.5 Å². The first-order valence-electron chi connectivity index (χ1n) is 10.4. The Morgan fingerprint density at radius 1 is 1.16 bits per heavy atom. The highest BCUT2D eigenvalue weighted by molar-refractivity contribution is 7.98. The molecule has 0 saturated carbocycles. The number of anilines is 1. The van der Waals surface area contributed by atoms with Crippen molar-refractivity contribution in [3.63, 3.8) is 0 Å². The minimum Gasteiger partial charge on any atom is -0.321 e. The van der Waals surface area contributed by atoms with Crippen LogP contribution in [0.15, 0.2) is 64.3 Å². The summed E-state index contributed by atoms with van der Waals surface area (Å²) in [6, 6.07) is 16.7. The van der Waals surface area contributed by atoms with E-state index in [0.717, 1.165) is 27.6 Å². The molecule has 6 nitrogen and oxygen atoms in total. The highest BCUT2D eigenvalue weighted by Gasteiger charge is 2.13. The molecule has 0 bridgehead atoms. The Balaban J connectivity index is 1.52. The molecule has 2 aromatic carbocycles. The van der Waals surface area contributed by atoms with Crippen LogP contribution in [-0.2, 0) is 12.2 Å². The molecule has 2 heterocycles. The molecule has 0 fully saturated rings. The van der Waals surface area contributed by atoms with Crippen LogP contribution in [0.5, 0.6) is 0 Å². The maximum absolute atomic E-state index is 12.7. The summed E-state index contributed by atoms with van der Waals surface area (Å²) in [7, 11) is 0. The van der Waals surface area contributed by atoms with Crippen molar-refractivity contribution in [3.05, 3.63) is 86.8 Å². The predicted molar refractivity (Wildman–Crippen MR) is 131 cm³/mol. The summed E-state index contributed by atoms with van der Waals surface area (Å²) in [6.07, 6.45) is 0.825. The molecule has 164 valence electrons. The third kappa shape index (κ3) is 5.08. The van der Waals surface area contributed by atoms with Gasteiger partial charge in [-0.3, -0.25) is 9.59 Å². The number of fused-ring (bicyclic) bond motifs is 1. The van der Waals surface area contributed by atoms with Crippen molar-refractivity contribution in [1.82, 2.24) is 14.6 Å². The fraction of sp³-hybridized carbons (Fsp3) is 0.250. The Morgan fingerprint density at radius 2 is 1.91 bits per heavy atom. The summed E-state index contributed by atoms with van der Waals surface area (Å²) in [5.41, 5.74) is 2.84. The highest BCUT2D eigenvalue weighted by atomic mass is 32.2. The van der Waals surface area contributed by atoms with E-state index in [-0.39, 0.29) is 11.5 Å². The van der Waals surface area contributed by atoms with Crippen molar-refractivity contribution in [2.45, 2.75) is 37.8 Å². The van der Waals surface area contributed by atoms with Crippen molar-refractivity contribution in [2.75, 3.05) is 5.32 Å². The number of para-hydroxylation sites is 1. The standard InChI is InChI=1S/C24H24N4O2S2/c1-15(2)12-21-27-28-22(29)13-17(25-24(28)32-21)14-31-20-11-7-6-10-19(20)26-23(30)18-9-5-4-8-16(18)3/h4-11,13,15H,12,14H2,1-3H3,(H,26,30). The van der Waals surface area contributed by atoms with Gasteiger partial charge in [-0.05, 0) is 36.6 Å². The maximum Gasteiger partial charge on any atom is 0.275 e. The van der Waals surface area contributed by atoms with Gasteiger partial charge in [-0.2, -0.15) is 9.61 Å². The number of amides is 1. The van der Waals surface area contributed by atoms with E-state index in [1.165, 1.54) is 33.7 Å². The predicted octanol–water partition coefficient (Wildman–Crippen LogP) is 5.20. The summed E-state index contributed by atoms with van der Waals surface area (Å²) < 4.78 is 1.38. The van der Waals surface area contributed by atoms with Crippen LogP contribution in [0.25, 0.3) is 4.96 Å². The Labute approximate surface area is 194 Å². The van der Waals surface area contributed by atoms with Gasteiger partial charge in [-0.25, -0.2) is 4.98 Å². The van der Waals surface area contributed by atoms with Gasteiger partial charge < -0.3 is 5.32 Å². The Bertz CT molecular complexity index is 1330. The molecular weight excluding hydrogens is 440 g/mol. The second-order valence-corrected chi connectivity index (χ2v) is 9.99. The number of carbonyl (C=O) groups excluding carboxylic acids is 1. The number of thioether (sulfide) groups is 1. The van der Waals surface area contributed by atoms with E-state index in [1.54, 1.807) is 0 Å². The zero-order valence-electron chi connectivity index (χ0n) is 18.2. The van der Waals surface area contributed by atoms with Gasteiger partial charge in [0.05, 0.1) is 11.4 Å². The molecule has 0 atom stereocenters. The fourth-order valence-corrected chi connectivity index (χ4v) is 5.30. The largest absolute Gasteiger partial charge is 0.321 e. The third-order valence-corrected chi connectivity index (χ3v) is 6.86. The summed E-state index contributed by atoms with van der Waals surface area (Å²) in [4.78, 5) is 31.4. The summed E-state index contributed by atoms with van der Waals surface area (Å²) in [5.74, 6) is 0.837. The molecule has 0 unspecified atom stereocenters. The molecule has 2 aromatic heterocycles. The molecule has 1 N–H and O–H groups in total. The van der Waals surface area contributed by atoms with E-state index < -0.39 is 0 Å². The summed E-state index contributed by atoms with van der Waals surface area (Å²) in [6.45, 7) is 6.17. The molecule has 0 aliphatic carbocycles. The molecule has 0 saturated heterocycles. The normalized spacial score (nSPS) is 11.2. The lowest BCUT2D eigenvalue weighted by Crippen LogP contribution is -2.15. The smallest absolute Gasteiger partial charge is 0.275 e. The van der Waals surface area contributed by atoms with Crippen molar-refractivity contribution in [3.8, 4) is 0 Å². The lowest BCUT2D eigenvalue weighted by atomic mass is 10.1. The molecular formula is C24H24N4O2S2. The second-order valence-electron chi connectivity index (χ2n) is 7.93. The number of nitrogens with one attached hydrogen (secondary N) is 1. The molecule has 8 heteroatoms. The SMILES string of the molecule is Cc1ccccc1C(=O)Nc1ccccc1SCc1cc(=O)n2nc(CC(C)C)sc2n1. The quantitative estimate of drug-likeness (QED) is 0.380. The van der Waals surface area contributed by atoms with Crippen LogP contribution in [0, 0.1) is 12.8 Å². The van der Waals surface area contributed by atoms with Crippen LogP contribution < -0.4 is 10.9 Å². The number of hydrogen-bond donors (Lipinski definition) is 1. The molecule has 4 rings (SSSR count). The average Bonchev–Trinajstić information content (AvgIpc) is 3.15. The third-order valence-electron chi connectivity index (χ3n) is 4.82. The second kappa shape index (κ2) is 9.67. The van der Waals surface area contributed by atoms with Gasteiger partial charge in [0.15, 0.2) is 0 Å². The van der Waals surface area contributed by atoms with Crippen molar-refractivity contribution in [1.29, 1.82) is 0 Å². The van der Waals surface area contributed by atoms with Crippen LogP contribution in [-0.4, -0.2) is 20.5 Å². The van der Waals surface area contributed by atoms with Crippen LogP contribution >= 0.6 is 23.1 Å². The van der Waals surface area contributed by atoms with Gasteiger partial charge in [-0.15, -0.1) is 11.8 Å². The van der Waals surface area contributed by atoms with Crippen molar-refractivity contribution >= 4 is 39.7 Å². The van der Waals surface area contributed by atoms with E-state index in [1.807, 2.05) is 55.5 Å². The molecule has 0 aliphatic rings. The highest BCUT2D eigenvalue weighted by Crippen LogP contribution is 2.30. The van der Waals surface area contributed by atoms with Crippen LogP contribution in [0.2, 0.25) is 0 Å². The number of nitrogens with zero attached hydrogens (tertiary/aromatic N) is 3.